The first-order valence-electron chi connectivity index (χ1n) is 8.02. The summed E-state index contributed by atoms with van der Waals surface area (Å²) in [6, 6.07) is 2.33. The summed E-state index contributed by atoms with van der Waals surface area (Å²) in [6.45, 7) is 12.4. The van der Waals surface area contributed by atoms with Gasteiger partial charge in [0, 0.05) is 17.9 Å². The molecule has 1 N–H and O–H groups in total. The van der Waals surface area contributed by atoms with E-state index >= 15 is 0 Å². The molecule has 20 heavy (non-hydrogen) atoms. The van der Waals surface area contributed by atoms with Crippen molar-refractivity contribution in [3.05, 3.63) is 29.6 Å². The summed E-state index contributed by atoms with van der Waals surface area (Å²) in [4.78, 5) is 4.41. The van der Waals surface area contributed by atoms with E-state index in [1.165, 1.54) is 30.4 Å². The fourth-order valence-corrected chi connectivity index (χ4v) is 3.31. The molecule has 1 aliphatic rings. The molecule has 3 atom stereocenters. The maximum absolute atomic E-state index is 4.41. The van der Waals surface area contributed by atoms with Crippen LogP contribution in [0.2, 0.25) is 0 Å². The van der Waals surface area contributed by atoms with Gasteiger partial charge in [-0.25, -0.2) is 0 Å². The zero-order chi connectivity index (χ0) is 14.8. The molecule has 0 aromatic carbocycles. The van der Waals surface area contributed by atoms with E-state index in [4.69, 9.17) is 0 Å². The van der Waals surface area contributed by atoms with Gasteiger partial charge in [0.15, 0.2) is 0 Å². The van der Waals surface area contributed by atoms with Crippen LogP contribution in [0.25, 0.3) is 0 Å². The van der Waals surface area contributed by atoms with Crippen molar-refractivity contribution in [2.75, 3.05) is 6.54 Å². The van der Waals surface area contributed by atoms with Crippen LogP contribution in [0.1, 0.15) is 64.0 Å². The molecule has 2 heteroatoms. The summed E-state index contributed by atoms with van der Waals surface area (Å²) in [5.41, 5.74) is 2.93. The van der Waals surface area contributed by atoms with Crippen LogP contribution >= 0.6 is 0 Å². The summed E-state index contributed by atoms with van der Waals surface area (Å²) in [6.07, 6.45) is 8.05. The molecule has 2 rings (SSSR count). The summed E-state index contributed by atoms with van der Waals surface area (Å²) in [5.74, 6) is 2.25. The Kier molecular flexibility index (Phi) is 4.85. The summed E-state index contributed by atoms with van der Waals surface area (Å²) >= 11 is 0. The third-order valence-corrected chi connectivity index (χ3v) is 4.47. The van der Waals surface area contributed by atoms with Crippen molar-refractivity contribution in [3.63, 3.8) is 0 Å². The maximum Gasteiger partial charge on any atom is 0.0303 e. The van der Waals surface area contributed by atoms with E-state index in [0.29, 0.717) is 5.92 Å². The highest BCUT2D eigenvalue weighted by Crippen LogP contribution is 2.40. The smallest absolute Gasteiger partial charge is 0.0303 e. The highest BCUT2D eigenvalue weighted by Gasteiger charge is 2.30. The molecule has 0 bridgehead atoms. The molecule has 112 valence electrons. The van der Waals surface area contributed by atoms with Gasteiger partial charge in [0.25, 0.3) is 0 Å². The van der Waals surface area contributed by atoms with Crippen LogP contribution in [0.5, 0.6) is 0 Å². The Labute approximate surface area is 124 Å². The summed E-state index contributed by atoms with van der Waals surface area (Å²) in [5, 5.41) is 3.70. The molecule has 0 amide bonds. The molecule has 0 aliphatic heterocycles. The molecule has 0 saturated heterocycles. The molecule has 0 radical (unpaired) electrons. The fraction of sp³-hybridized carbons (Fsp3) is 0.722. The Bertz CT molecular complexity index is 433. The lowest BCUT2D eigenvalue weighted by Crippen LogP contribution is -2.41. The Hall–Kier alpha value is -0.890. The van der Waals surface area contributed by atoms with Crippen LogP contribution in [-0.2, 0) is 0 Å². The van der Waals surface area contributed by atoms with E-state index < -0.39 is 0 Å². The van der Waals surface area contributed by atoms with E-state index in [1.807, 2.05) is 6.20 Å². The Balaban J connectivity index is 2.12. The largest absolute Gasteiger partial charge is 0.312 e. The van der Waals surface area contributed by atoms with Gasteiger partial charge in [-0.3, -0.25) is 4.98 Å². The van der Waals surface area contributed by atoms with E-state index in [0.717, 1.165) is 18.4 Å². The monoisotopic (exact) mass is 274 g/mol. The molecule has 2 nitrogen and oxygen atoms in total. The Morgan fingerprint density at radius 3 is 2.65 bits per heavy atom. The van der Waals surface area contributed by atoms with E-state index in [1.54, 1.807) is 0 Å². The van der Waals surface area contributed by atoms with Crippen molar-refractivity contribution in [3.8, 4) is 0 Å². The Morgan fingerprint density at radius 2 is 2.00 bits per heavy atom. The quantitative estimate of drug-likeness (QED) is 0.889. The minimum atomic E-state index is 0.207. The molecule has 1 fully saturated rings. The second-order valence-electron chi connectivity index (χ2n) is 7.71. The number of rotatable bonds is 3. The summed E-state index contributed by atoms with van der Waals surface area (Å²) in [7, 11) is 0. The minimum Gasteiger partial charge on any atom is -0.312 e. The van der Waals surface area contributed by atoms with Gasteiger partial charge in [0.1, 0.15) is 0 Å². The third kappa shape index (κ3) is 4.31. The maximum atomic E-state index is 4.41. The standard InChI is InChI=1S/C18H30N2/c1-13-6-7-15(12-20-18(3,4)5)17(9-13)16-8-14(2)10-19-11-16/h8,10-11,13,15,17,20H,6-7,9,12H2,1-5H3. The molecule has 1 heterocycles. The molecule has 1 aromatic rings. The van der Waals surface area contributed by atoms with Gasteiger partial charge >= 0.3 is 0 Å². The third-order valence-electron chi connectivity index (χ3n) is 4.47. The second-order valence-corrected chi connectivity index (χ2v) is 7.71. The number of aryl methyl sites for hydroxylation is 1. The van der Waals surface area contributed by atoms with Crippen molar-refractivity contribution < 1.29 is 0 Å². The number of nitrogens with one attached hydrogen (secondary N) is 1. The average molecular weight is 274 g/mol. The summed E-state index contributed by atoms with van der Waals surface area (Å²) < 4.78 is 0. The van der Waals surface area contributed by atoms with E-state index in [9.17, 15) is 0 Å². The molecule has 1 aromatic heterocycles. The molecular weight excluding hydrogens is 244 g/mol. The highest BCUT2D eigenvalue weighted by atomic mass is 14.9. The fourth-order valence-electron chi connectivity index (χ4n) is 3.31. The van der Waals surface area contributed by atoms with Gasteiger partial charge < -0.3 is 5.32 Å². The highest BCUT2D eigenvalue weighted by molar-refractivity contribution is 5.22. The molecule has 1 saturated carbocycles. The topological polar surface area (TPSA) is 24.9 Å². The van der Waals surface area contributed by atoms with Crippen molar-refractivity contribution in [2.24, 2.45) is 11.8 Å². The zero-order valence-electron chi connectivity index (χ0n) is 13.7. The lowest BCUT2D eigenvalue weighted by atomic mass is 9.71. The van der Waals surface area contributed by atoms with Crippen LogP contribution < -0.4 is 5.32 Å². The number of hydrogen-bond acceptors (Lipinski definition) is 2. The lowest BCUT2D eigenvalue weighted by Gasteiger charge is -2.37. The predicted molar refractivity (Wildman–Crippen MR) is 86.0 cm³/mol. The lowest BCUT2D eigenvalue weighted by molar-refractivity contribution is 0.226. The predicted octanol–water partition coefficient (Wildman–Crippen LogP) is 4.30. The van der Waals surface area contributed by atoms with Gasteiger partial charge in [0.2, 0.25) is 0 Å². The first-order valence-corrected chi connectivity index (χ1v) is 8.02. The first kappa shape index (κ1) is 15.5. The van der Waals surface area contributed by atoms with Gasteiger partial charge in [-0.15, -0.1) is 0 Å². The Morgan fingerprint density at radius 1 is 1.25 bits per heavy atom. The van der Waals surface area contributed by atoms with Crippen LogP contribution in [0.4, 0.5) is 0 Å². The average Bonchev–Trinajstić information content (AvgIpc) is 2.36. The van der Waals surface area contributed by atoms with Gasteiger partial charge in [0.05, 0.1) is 0 Å². The molecule has 3 unspecified atom stereocenters. The second kappa shape index (κ2) is 6.26. The van der Waals surface area contributed by atoms with Crippen molar-refractivity contribution in [1.82, 2.24) is 10.3 Å². The minimum absolute atomic E-state index is 0.207. The SMILES string of the molecule is Cc1cncc(C2CC(C)CCC2CNC(C)(C)C)c1. The van der Waals surface area contributed by atoms with Crippen molar-refractivity contribution in [2.45, 2.75) is 65.3 Å². The van der Waals surface area contributed by atoms with Gasteiger partial charge in [-0.05, 0) is 76.0 Å². The molecule has 1 aliphatic carbocycles. The number of pyridine rings is 1. The first-order chi connectivity index (χ1) is 9.35. The van der Waals surface area contributed by atoms with E-state index in [-0.39, 0.29) is 5.54 Å². The van der Waals surface area contributed by atoms with Crippen LogP contribution in [0.3, 0.4) is 0 Å². The van der Waals surface area contributed by atoms with E-state index in [2.05, 4.69) is 57.2 Å². The number of aromatic nitrogens is 1. The van der Waals surface area contributed by atoms with Gasteiger partial charge in [-0.1, -0.05) is 19.4 Å². The van der Waals surface area contributed by atoms with Crippen LogP contribution in [0, 0.1) is 18.8 Å². The van der Waals surface area contributed by atoms with Crippen LogP contribution in [-0.4, -0.2) is 17.1 Å². The van der Waals surface area contributed by atoms with Gasteiger partial charge in [-0.2, -0.15) is 0 Å². The number of hydrogen-bond donors (Lipinski definition) is 1. The molecular formula is C18H30N2. The van der Waals surface area contributed by atoms with Crippen molar-refractivity contribution >= 4 is 0 Å². The normalized spacial score (nSPS) is 27.6. The van der Waals surface area contributed by atoms with Crippen LogP contribution in [0.15, 0.2) is 18.5 Å². The van der Waals surface area contributed by atoms with Crippen molar-refractivity contribution in [1.29, 1.82) is 0 Å². The molecule has 0 spiro atoms. The number of nitrogens with zero attached hydrogens (tertiary/aromatic N) is 1. The zero-order valence-corrected chi connectivity index (χ0v) is 13.7.